The lowest BCUT2D eigenvalue weighted by Crippen LogP contribution is -2.34. The summed E-state index contributed by atoms with van der Waals surface area (Å²) in [5.74, 6) is 1.72. The quantitative estimate of drug-likeness (QED) is 0.128. The fraction of sp³-hybridized carbons (Fsp3) is 0.0123. The third-order valence-corrected chi connectivity index (χ3v) is 17.3. The largest absolute Gasteiger partial charge is 0.456 e. The van der Waals surface area contributed by atoms with Crippen LogP contribution in [-0.4, -0.2) is 0 Å². The highest BCUT2D eigenvalue weighted by Gasteiger charge is 2.44. The van der Waals surface area contributed by atoms with E-state index in [0.717, 1.165) is 67.7 Å². The molecule has 84 heavy (non-hydrogen) atoms. The van der Waals surface area contributed by atoms with Crippen molar-refractivity contribution in [1.29, 1.82) is 0 Å². The van der Waals surface area contributed by atoms with Crippen LogP contribution in [0.25, 0.3) is 77.2 Å². The molecule has 0 N–H and O–H groups in total. The number of anilines is 6. The predicted octanol–water partition coefficient (Wildman–Crippen LogP) is 22.1. The van der Waals surface area contributed by atoms with Gasteiger partial charge in [0.2, 0.25) is 0 Å². The molecule has 0 atom stereocenters. The number of hydrogen-bond acceptors (Lipinski definition) is 3. The highest BCUT2D eigenvalue weighted by molar-refractivity contribution is 6.06. The van der Waals surface area contributed by atoms with E-state index in [4.69, 9.17) is 4.74 Å². The molecule has 0 saturated carbocycles. The summed E-state index contributed by atoms with van der Waals surface area (Å²) in [6.07, 6.45) is 0. The van der Waals surface area contributed by atoms with E-state index in [1.54, 1.807) is 0 Å². The Bertz CT molecular complexity index is 4700. The first kappa shape index (κ1) is 48.9. The van der Waals surface area contributed by atoms with Crippen LogP contribution in [-0.2, 0) is 5.41 Å². The minimum absolute atomic E-state index is 0.614. The molecule has 0 bridgehead atoms. The zero-order chi connectivity index (χ0) is 55.6. The molecule has 2 aliphatic rings. The molecule has 16 rings (SSSR count). The van der Waals surface area contributed by atoms with Gasteiger partial charge in [-0.1, -0.05) is 243 Å². The lowest BCUT2D eigenvalue weighted by Gasteiger charge is -2.42. The summed E-state index contributed by atoms with van der Waals surface area (Å²) >= 11 is 0. The van der Waals surface area contributed by atoms with Gasteiger partial charge in [0.05, 0.1) is 5.41 Å². The van der Waals surface area contributed by atoms with Crippen LogP contribution in [0.3, 0.4) is 0 Å². The van der Waals surface area contributed by atoms with Gasteiger partial charge >= 0.3 is 0 Å². The van der Waals surface area contributed by atoms with Crippen LogP contribution in [0.4, 0.5) is 34.1 Å². The molecule has 0 radical (unpaired) electrons. The molecule has 0 amide bonds. The smallest absolute Gasteiger partial charge is 0.137 e. The topological polar surface area (TPSA) is 15.7 Å². The second-order valence-corrected chi connectivity index (χ2v) is 22.0. The van der Waals surface area contributed by atoms with Crippen molar-refractivity contribution < 1.29 is 4.74 Å². The molecule has 1 aliphatic heterocycles. The number of hydrogen-bond donors (Lipinski definition) is 0. The normalized spacial score (nSPS) is 12.5. The van der Waals surface area contributed by atoms with Gasteiger partial charge in [-0.2, -0.15) is 0 Å². The van der Waals surface area contributed by atoms with Crippen LogP contribution >= 0.6 is 0 Å². The van der Waals surface area contributed by atoms with E-state index in [9.17, 15) is 0 Å². The second-order valence-electron chi connectivity index (χ2n) is 22.0. The van der Waals surface area contributed by atoms with Crippen molar-refractivity contribution >= 4 is 55.7 Å². The predicted molar refractivity (Wildman–Crippen MR) is 350 cm³/mol. The van der Waals surface area contributed by atoms with Crippen molar-refractivity contribution in [3.8, 4) is 67.1 Å². The molecule has 3 heteroatoms. The van der Waals surface area contributed by atoms with Gasteiger partial charge in [-0.15, -0.1) is 0 Å². The zero-order valence-corrected chi connectivity index (χ0v) is 46.0. The van der Waals surface area contributed by atoms with Crippen LogP contribution in [0.2, 0.25) is 0 Å². The fourth-order valence-electron chi connectivity index (χ4n) is 13.5. The molecule has 0 saturated heterocycles. The Hall–Kier alpha value is -11.0. The standard InChI is InChI=1S/C81H54N2O/c1-5-17-55(18-6-1)57-33-41-65(42-34-57)82(69-49-51-71-73-29-13-21-61-23-15-31-75(79(61)73)81(76(71)53-69,63-25-9-3-10-26-63)64-27-11-4-12-28-64)66-45-37-59(38-46-66)60-39-47-68(48-40-60)83(67-43-35-58(36-44-67)56-19-7-2-8-20-56)70-50-52-72-74-30-14-22-62-24-16-32-77(80(62)74)84-78(72)54-70/h1-54H. The first-order valence-corrected chi connectivity index (χ1v) is 28.9. The molecule has 0 unspecified atom stereocenters. The van der Waals surface area contributed by atoms with Gasteiger partial charge in [-0.05, 0) is 167 Å². The number of nitrogens with zero attached hydrogens (tertiary/aromatic N) is 2. The Labute approximate surface area is 489 Å². The molecule has 14 aromatic carbocycles. The maximum absolute atomic E-state index is 6.74. The zero-order valence-electron chi connectivity index (χ0n) is 46.0. The molecule has 0 spiro atoms. The number of benzene rings is 14. The summed E-state index contributed by atoms with van der Waals surface area (Å²) in [6.45, 7) is 0. The van der Waals surface area contributed by atoms with Crippen molar-refractivity contribution in [3.63, 3.8) is 0 Å². The molecule has 0 fully saturated rings. The summed E-state index contributed by atoms with van der Waals surface area (Å²) in [7, 11) is 0. The van der Waals surface area contributed by atoms with E-state index in [-0.39, 0.29) is 0 Å². The molecular formula is C81H54N2O. The fourth-order valence-corrected chi connectivity index (χ4v) is 13.5. The Balaban J connectivity index is 0.800. The Morgan fingerprint density at radius 2 is 0.595 bits per heavy atom. The first-order chi connectivity index (χ1) is 41.6. The molecule has 1 heterocycles. The Morgan fingerprint density at radius 3 is 1.07 bits per heavy atom. The van der Waals surface area contributed by atoms with E-state index in [0.29, 0.717) is 0 Å². The summed E-state index contributed by atoms with van der Waals surface area (Å²) in [5, 5.41) is 4.87. The second kappa shape index (κ2) is 20.2. The highest BCUT2D eigenvalue weighted by atomic mass is 16.5. The van der Waals surface area contributed by atoms with Gasteiger partial charge in [0.1, 0.15) is 11.5 Å². The van der Waals surface area contributed by atoms with Gasteiger partial charge in [-0.25, -0.2) is 0 Å². The van der Waals surface area contributed by atoms with Gasteiger partial charge < -0.3 is 14.5 Å². The summed E-state index contributed by atoms with van der Waals surface area (Å²) < 4.78 is 6.74. The van der Waals surface area contributed by atoms with Gasteiger partial charge in [-0.3, -0.25) is 0 Å². The molecule has 0 aromatic heterocycles. The Morgan fingerprint density at radius 1 is 0.226 bits per heavy atom. The van der Waals surface area contributed by atoms with Crippen LogP contribution in [0, 0.1) is 0 Å². The van der Waals surface area contributed by atoms with Crippen LogP contribution in [0.5, 0.6) is 11.5 Å². The van der Waals surface area contributed by atoms with Gasteiger partial charge in [0, 0.05) is 51.1 Å². The van der Waals surface area contributed by atoms with Crippen LogP contribution in [0.1, 0.15) is 22.3 Å². The Kier molecular flexibility index (Phi) is 11.8. The molecule has 1 aliphatic carbocycles. The number of fused-ring (bicyclic) bond motifs is 4. The van der Waals surface area contributed by atoms with E-state index in [1.165, 1.54) is 77.4 Å². The average molecular weight is 1070 g/mol. The minimum atomic E-state index is -0.614. The van der Waals surface area contributed by atoms with Crippen molar-refractivity contribution in [3.05, 3.63) is 350 Å². The van der Waals surface area contributed by atoms with E-state index in [2.05, 4.69) is 337 Å². The molecule has 14 aromatic rings. The highest BCUT2D eigenvalue weighted by Crippen LogP contribution is 2.57. The van der Waals surface area contributed by atoms with Crippen molar-refractivity contribution in [2.24, 2.45) is 0 Å². The summed E-state index contributed by atoms with van der Waals surface area (Å²) in [4.78, 5) is 4.75. The third-order valence-electron chi connectivity index (χ3n) is 17.3. The van der Waals surface area contributed by atoms with E-state index in [1.807, 2.05) is 0 Å². The maximum atomic E-state index is 6.74. The summed E-state index contributed by atoms with van der Waals surface area (Å²) in [6, 6.07) is 120. The summed E-state index contributed by atoms with van der Waals surface area (Å²) in [5.41, 5.74) is 22.4. The minimum Gasteiger partial charge on any atom is -0.456 e. The van der Waals surface area contributed by atoms with E-state index < -0.39 is 5.41 Å². The van der Waals surface area contributed by atoms with Crippen molar-refractivity contribution in [2.45, 2.75) is 5.41 Å². The maximum Gasteiger partial charge on any atom is 0.137 e. The van der Waals surface area contributed by atoms with Gasteiger partial charge in [0.25, 0.3) is 0 Å². The number of rotatable bonds is 11. The van der Waals surface area contributed by atoms with Gasteiger partial charge in [0.15, 0.2) is 0 Å². The number of ether oxygens (including phenoxy) is 1. The van der Waals surface area contributed by atoms with Crippen molar-refractivity contribution in [1.82, 2.24) is 0 Å². The SMILES string of the molecule is c1ccc(-c2ccc(N(c3ccc(-c4ccc(N(c5ccc(-c6ccccc6)cc5)c5ccc6c(c5)C(c5ccccc5)(c5ccccc5)c5cccc7cccc-6c57)cc4)cc3)c3ccc4c(c3)Oc3cccc5cccc-4c35)cc2)cc1. The van der Waals surface area contributed by atoms with Crippen molar-refractivity contribution in [2.75, 3.05) is 9.80 Å². The molecule has 394 valence electrons. The first-order valence-electron chi connectivity index (χ1n) is 28.9. The lowest BCUT2D eigenvalue weighted by molar-refractivity contribution is 0.487. The average Bonchev–Trinajstić information content (AvgIpc) is 0.820. The lowest BCUT2D eigenvalue weighted by atomic mass is 9.59. The third kappa shape index (κ3) is 8.12. The molecule has 3 nitrogen and oxygen atoms in total. The molecular weight excluding hydrogens is 1020 g/mol. The monoisotopic (exact) mass is 1070 g/mol. The van der Waals surface area contributed by atoms with Crippen LogP contribution in [0.15, 0.2) is 328 Å². The van der Waals surface area contributed by atoms with E-state index >= 15 is 0 Å². The van der Waals surface area contributed by atoms with Crippen LogP contribution < -0.4 is 14.5 Å².